The maximum atomic E-state index is 12.6. The standard InChI is InChI=1S/C16H23N3O/c1-11-8-15(17)14(9-18-11)16(20)19-7-6-12-4-2-3-5-13(12)10-19/h8-9,12-13H,2-7,10H2,1H3,(H2,17,18). The molecular formula is C16H23N3O. The van der Waals surface area contributed by atoms with Gasteiger partial charge in [-0.2, -0.15) is 0 Å². The number of nitrogen functional groups attached to an aromatic ring is 1. The van der Waals surface area contributed by atoms with Crippen LogP contribution in [-0.2, 0) is 0 Å². The zero-order valence-corrected chi connectivity index (χ0v) is 12.1. The number of hydrogen-bond acceptors (Lipinski definition) is 3. The number of carbonyl (C=O) groups is 1. The summed E-state index contributed by atoms with van der Waals surface area (Å²) in [5.74, 6) is 1.58. The molecule has 20 heavy (non-hydrogen) atoms. The number of hydrogen-bond donors (Lipinski definition) is 1. The quantitative estimate of drug-likeness (QED) is 0.855. The highest BCUT2D eigenvalue weighted by Gasteiger charge is 2.33. The fourth-order valence-corrected chi connectivity index (χ4v) is 3.72. The molecule has 4 heteroatoms. The van der Waals surface area contributed by atoms with Gasteiger partial charge >= 0.3 is 0 Å². The predicted molar refractivity (Wildman–Crippen MR) is 79.4 cm³/mol. The van der Waals surface area contributed by atoms with Crippen molar-refractivity contribution >= 4 is 11.6 Å². The third-order valence-corrected chi connectivity index (χ3v) is 4.88. The molecule has 0 spiro atoms. The molecule has 108 valence electrons. The Balaban J connectivity index is 1.74. The zero-order chi connectivity index (χ0) is 14.1. The van der Waals surface area contributed by atoms with Gasteiger partial charge in [0.15, 0.2) is 0 Å². The van der Waals surface area contributed by atoms with Crippen molar-refractivity contribution in [2.45, 2.75) is 39.0 Å². The Morgan fingerprint density at radius 2 is 2.05 bits per heavy atom. The van der Waals surface area contributed by atoms with Gasteiger partial charge in [-0.3, -0.25) is 9.78 Å². The highest BCUT2D eigenvalue weighted by Crippen LogP contribution is 2.36. The molecule has 2 atom stereocenters. The van der Waals surface area contributed by atoms with Gasteiger partial charge in [0.2, 0.25) is 0 Å². The summed E-state index contributed by atoms with van der Waals surface area (Å²) in [6.07, 6.45) is 8.08. The average molecular weight is 273 g/mol. The maximum Gasteiger partial charge on any atom is 0.257 e. The van der Waals surface area contributed by atoms with Gasteiger partial charge in [-0.15, -0.1) is 0 Å². The Bertz CT molecular complexity index is 514. The average Bonchev–Trinajstić information content (AvgIpc) is 2.46. The summed E-state index contributed by atoms with van der Waals surface area (Å²) in [6.45, 7) is 3.66. The third kappa shape index (κ3) is 2.51. The van der Waals surface area contributed by atoms with Crippen LogP contribution in [0.15, 0.2) is 12.3 Å². The number of rotatable bonds is 1. The number of amides is 1. The molecule has 0 bridgehead atoms. The van der Waals surface area contributed by atoms with Gasteiger partial charge in [-0.05, 0) is 37.7 Å². The van der Waals surface area contributed by atoms with E-state index in [4.69, 9.17) is 5.73 Å². The molecule has 1 saturated carbocycles. The number of anilines is 1. The first-order chi connectivity index (χ1) is 9.65. The molecule has 0 aromatic carbocycles. The van der Waals surface area contributed by atoms with Gasteiger partial charge in [0, 0.05) is 30.7 Å². The lowest BCUT2D eigenvalue weighted by atomic mass is 9.75. The Labute approximate surface area is 120 Å². The molecule has 1 aromatic rings. The predicted octanol–water partition coefficient (Wildman–Crippen LogP) is 2.62. The van der Waals surface area contributed by atoms with Gasteiger partial charge < -0.3 is 10.6 Å². The van der Waals surface area contributed by atoms with Crippen LogP contribution >= 0.6 is 0 Å². The summed E-state index contributed by atoms with van der Waals surface area (Å²) in [7, 11) is 0. The zero-order valence-electron chi connectivity index (χ0n) is 12.1. The van der Waals surface area contributed by atoms with Crippen molar-refractivity contribution < 1.29 is 4.79 Å². The Kier molecular flexibility index (Phi) is 3.64. The molecule has 4 nitrogen and oxygen atoms in total. The first kappa shape index (κ1) is 13.4. The van der Waals surface area contributed by atoms with Crippen molar-refractivity contribution in [1.82, 2.24) is 9.88 Å². The number of aromatic nitrogens is 1. The molecule has 1 saturated heterocycles. The minimum Gasteiger partial charge on any atom is -0.398 e. The minimum atomic E-state index is 0.0547. The van der Waals surface area contributed by atoms with E-state index in [9.17, 15) is 4.79 Å². The number of fused-ring (bicyclic) bond motifs is 1. The number of pyridine rings is 1. The topological polar surface area (TPSA) is 59.2 Å². The molecule has 1 amide bonds. The summed E-state index contributed by atoms with van der Waals surface area (Å²) in [4.78, 5) is 18.8. The number of carbonyl (C=O) groups excluding carboxylic acids is 1. The molecule has 1 aliphatic heterocycles. The number of aryl methyl sites for hydroxylation is 1. The SMILES string of the molecule is Cc1cc(N)c(C(=O)N2CCC3CCCCC3C2)cn1. The highest BCUT2D eigenvalue weighted by molar-refractivity contribution is 5.98. The largest absolute Gasteiger partial charge is 0.398 e. The second-order valence-corrected chi connectivity index (χ2v) is 6.26. The Morgan fingerprint density at radius 3 is 2.80 bits per heavy atom. The van der Waals surface area contributed by atoms with Crippen LogP contribution in [0.5, 0.6) is 0 Å². The summed E-state index contributed by atoms with van der Waals surface area (Å²) in [5.41, 5.74) is 7.93. The van der Waals surface area contributed by atoms with Crippen LogP contribution in [-0.4, -0.2) is 28.9 Å². The van der Waals surface area contributed by atoms with Crippen LogP contribution in [0.3, 0.4) is 0 Å². The second-order valence-electron chi connectivity index (χ2n) is 6.26. The van der Waals surface area contributed by atoms with E-state index in [2.05, 4.69) is 4.98 Å². The van der Waals surface area contributed by atoms with Crippen LogP contribution in [0.25, 0.3) is 0 Å². The fourth-order valence-electron chi connectivity index (χ4n) is 3.72. The van der Waals surface area contributed by atoms with Gasteiger partial charge in [-0.1, -0.05) is 19.3 Å². The molecule has 2 fully saturated rings. The van der Waals surface area contributed by atoms with Crippen molar-refractivity contribution in [1.29, 1.82) is 0 Å². The Hall–Kier alpha value is -1.58. The summed E-state index contributed by atoms with van der Waals surface area (Å²) in [5, 5.41) is 0. The van der Waals surface area contributed by atoms with E-state index in [1.165, 1.54) is 25.7 Å². The minimum absolute atomic E-state index is 0.0547. The van der Waals surface area contributed by atoms with E-state index >= 15 is 0 Å². The van der Waals surface area contributed by atoms with Crippen LogP contribution in [0, 0.1) is 18.8 Å². The molecule has 2 aliphatic rings. The summed E-state index contributed by atoms with van der Waals surface area (Å²) >= 11 is 0. The molecule has 1 aliphatic carbocycles. The molecule has 0 radical (unpaired) electrons. The van der Waals surface area contributed by atoms with E-state index in [0.717, 1.165) is 31.1 Å². The number of nitrogens with two attached hydrogens (primary N) is 1. The number of nitrogens with zero attached hydrogens (tertiary/aromatic N) is 2. The first-order valence-electron chi connectivity index (χ1n) is 7.66. The van der Waals surface area contributed by atoms with Gasteiger partial charge in [0.25, 0.3) is 5.91 Å². The molecule has 2 unspecified atom stereocenters. The van der Waals surface area contributed by atoms with Crippen LogP contribution < -0.4 is 5.73 Å². The molecule has 2 N–H and O–H groups in total. The second kappa shape index (κ2) is 5.43. The van der Waals surface area contributed by atoms with Gasteiger partial charge in [0.05, 0.1) is 5.56 Å². The van der Waals surface area contributed by atoms with E-state index in [0.29, 0.717) is 17.2 Å². The highest BCUT2D eigenvalue weighted by atomic mass is 16.2. The number of piperidine rings is 1. The smallest absolute Gasteiger partial charge is 0.257 e. The molecule has 2 heterocycles. The third-order valence-electron chi connectivity index (χ3n) is 4.88. The molecule has 3 rings (SSSR count). The van der Waals surface area contributed by atoms with Crippen LogP contribution in [0.2, 0.25) is 0 Å². The van der Waals surface area contributed by atoms with Crippen molar-refractivity contribution in [3.8, 4) is 0 Å². The van der Waals surface area contributed by atoms with Crippen molar-refractivity contribution in [2.24, 2.45) is 11.8 Å². The lowest BCUT2D eigenvalue weighted by Crippen LogP contribution is -2.45. The van der Waals surface area contributed by atoms with E-state index in [1.54, 1.807) is 12.3 Å². The monoisotopic (exact) mass is 273 g/mol. The summed E-state index contributed by atoms with van der Waals surface area (Å²) < 4.78 is 0. The van der Waals surface area contributed by atoms with Crippen molar-refractivity contribution in [3.63, 3.8) is 0 Å². The van der Waals surface area contributed by atoms with E-state index in [-0.39, 0.29) is 5.91 Å². The lowest BCUT2D eigenvalue weighted by molar-refractivity contribution is 0.0521. The summed E-state index contributed by atoms with van der Waals surface area (Å²) in [6, 6.07) is 1.78. The Morgan fingerprint density at radius 1 is 1.30 bits per heavy atom. The van der Waals surface area contributed by atoms with Gasteiger partial charge in [0.1, 0.15) is 0 Å². The van der Waals surface area contributed by atoms with Crippen LogP contribution in [0.1, 0.15) is 48.2 Å². The molecular weight excluding hydrogens is 250 g/mol. The fraction of sp³-hybridized carbons (Fsp3) is 0.625. The number of likely N-dealkylation sites (tertiary alicyclic amines) is 1. The first-order valence-corrected chi connectivity index (χ1v) is 7.66. The normalized spacial score (nSPS) is 26.1. The lowest BCUT2D eigenvalue weighted by Gasteiger charge is -2.41. The van der Waals surface area contributed by atoms with Crippen molar-refractivity contribution in [2.75, 3.05) is 18.8 Å². The van der Waals surface area contributed by atoms with Crippen molar-refractivity contribution in [3.05, 3.63) is 23.5 Å². The van der Waals surface area contributed by atoms with Gasteiger partial charge in [-0.25, -0.2) is 0 Å². The van der Waals surface area contributed by atoms with E-state index < -0.39 is 0 Å². The van der Waals surface area contributed by atoms with E-state index in [1.807, 2.05) is 11.8 Å². The maximum absolute atomic E-state index is 12.6. The molecule has 1 aromatic heterocycles. The van der Waals surface area contributed by atoms with Crippen LogP contribution in [0.4, 0.5) is 5.69 Å².